The molecule has 1 amide bonds. The fourth-order valence-electron chi connectivity index (χ4n) is 3.10. The van der Waals surface area contributed by atoms with E-state index in [9.17, 15) is 22.8 Å². The largest absolute Gasteiger partial charge is 0.457 e. The summed E-state index contributed by atoms with van der Waals surface area (Å²) in [6.07, 6.45) is -0.152. The van der Waals surface area contributed by atoms with Crippen LogP contribution >= 0.6 is 11.6 Å². The van der Waals surface area contributed by atoms with Crippen LogP contribution in [0.25, 0.3) is 16.6 Å². The second-order valence-corrected chi connectivity index (χ2v) is 7.23. The van der Waals surface area contributed by atoms with Crippen molar-refractivity contribution in [3.05, 3.63) is 64.3 Å². The van der Waals surface area contributed by atoms with Gasteiger partial charge in [0.2, 0.25) is 0 Å². The molecule has 0 saturated carbocycles. The first-order valence-corrected chi connectivity index (χ1v) is 9.54. The Hall–Kier alpha value is -3.60. The maximum absolute atomic E-state index is 12.6. The summed E-state index contributed by atoms with van der Waals surface area (Å²) in [7, 11) is 0. The number of halogens is 4. The summed E-state index contributed by atoms with van der Waals surface area (Å²) < 4.78 is 48.6. The second-order valence-electron chi connectivity index (χ2n) is 6.85. The molecule has 3 heterocycles. The van der Waals surface area contributed by atoms with Crippen LogP contribution < -0.4 is 5.32 Å². The standard InChI is InChI=1S/C20H14ClF3N4O4/c1-10-5-11-15(21)14(32-16(11)12(6-10)19(30)31-9-20(22,23)24)8-26-18(29)13-7-27-28-4-2-3-25-17(13)28/h2-7H,8-9H2,1H3,(H,26,29). The summed E-state index contributed by atoms with van der Waals surface area (Å²) in [4.78, 5) is 28.9. The maximum Gasteiger partial charge on any atom is 0.422 e. The van der Waals surface area contributed by atoms with E-state index in [2.05, 4.69) is 20.1 Å². The van der Waals surface area contributed by atoms with Crippen molar-refractivity contribution < 1.29 is 31.9 Å². The van der Waals surface area contributed by atoms with E-state index in [0.29, 0.717) is 16.6 Å². The van der Waals surface area contributed by atoms with Crippen LogP contribution in [0.4, 0.5) is 13.2 Å². The minimum absolute atomic E-state index is 0.0327. The molecule has 0 aliphatic heterocycles. The Bertz CT molecular complexity index is 1350. The smallest absolute Gasteiger partial charge is 0.422 e. The zero-order valence-electron chi connectivity index (χ0n) is 16.4. The van der Waals surface area contributed by atoms with Crippen LogP contribution in [0.1, 0.15) is 32.0 Å². The van der Waals surface area contributed by atoms with Crippen molar-refractivity contribution in [1.29, 1.82) is 0 Å². The van der Waals surface area contributed by atoms with E-state index in [4.69, 9.17) is 16.0 Å². The van der Waals surface area contributed by atoms with E-state index in [1.807, 2.05) is 0 Å². The normalized spacial score (nSPS) is 11.8. The number of fused-ring (bicyclic) bond motifs is 2. The molecule has 166 valence electrons. The van der Waals surface area contributed by atoms with E-state index >= 15 is 0 Å². The fourth-order valence-corrected chi connectivity index (χ4v) is 3.34. The highest BCUT2D eigenvalue weighted by molar-refractivity contribution is 6.36. The molecule has 0 unspecified atom stereocenters. The molecule has 0 atom stereocenters. The monoisotopic (exact) mass is 466 g/mol. The van der Waals surface area contributed by atoms with E-state index in [1.54, 1.807) is 25.3 Å². The third kappa shape index (κ3) is 4.24. The average Bonchev–Trinajstić information content (AvgIpc) is 3.31. The van der Waals surface area contributed by atoms with Crippen LogP contribution in [0, 0.1) is 6.92 Å². The number of aromatic nitrogens is 3. The van der Waals surface area contributed by atoms with Gasteiger partial charge in [0.1, 0.15) is 16.9 Å². The van der Waals surface area contributed by atoms with Crippen LogP contribution in [0.15, 0.2) is 41.2 Å². The molecule has 3 aromatic heterocycles. The lowest BCUT2D eigenvalue weighted by Gasteiger charge is -2.08. The zero-order chi connectivity index (χ0) is 23.0. The summed E-state index contributed by atoms with van der Waals surface area (Å²) >= 11 is 6.35. The molecule has 8 nitrogen and oxygen atoms in total. The third-order valence-electron chi connectivity index (χ3n) is 4.46. The molecule has 0 saturated heterocycles. The highest BCUT2D eigenvalue weighted by Crippen LogP contribution is 2.34. The van der Waals surface area contributed by atoms with Gasteiger partial charge in [0.15, 0.2) is 17.8 Å². The summed E-state index contributed by atoms with van der Waals surface area (Å²) in [5.74, 6) is -1.57. The van der Waals surface area contributed by atoms with Crippen molar-refractivity contribution in [2.24, 2.45) is 0 Å². The van der Waals surface area contributed by atoms with Crippen molar-refractivity contribution >= 4 is 40.1 Å². The van der Waals surface area contributed by atoms with Gasteiger partial charge in [-0.15, -0.1) is 0 Å². The molecule has 0 bridgehead atoms. The maximum atomic E-state index is 12.6. The van der Waals surface area contributed by atoms with Gasteiger partial charge in [-0.1, -0.05) is 11.6 Å². The number of benzene rings is 1. The Kier molecular flexibility index (Phi) is 5.51. The van der Waals surface area contributed by atoms with Crippen LogP contribution in [-0.4, -0.2) is 39.3 Å². The Morgan fingerprint density at radius 3 is 2.81 bits per heavy atom. The number of carbonyl (C=O) groups excluding carboxylic acids is 2. The van der Waals surface area contributed by atoms with Gasteiger partial charge in [-0.05, 0) is 30.7 Å². The first kappa shape index (κ1) is 21.6. The Labute approximate surface area is 182 Å². The molecule has 0 aliphatic rings. The Morgan fingerprint density at radius 2 is 2.06 bits per heavy atom. The number of nitrogens with zero attached hydrogens (tertiary/aromatic N) is 3. The Morgan fingerprint density at radius 1 is 1.28 bits per heavy atom. The molecule has 12 heteroatoms. The second kappa shape index (κ2) is 8.15. The van der Waals surface area contributed by atoms with Crippen LogP contribution in [0.3, 0.4) is 0 Å². The highest BCUT2D eigenvalue weighted by Gasteiger charge is 2.31. The van der Waals surface area contributed by atoms with E-state index in [-0.39, 0.29) is 34.0 Å². The third-order valence-corrected chi connectivity index (χ3v) is 4.87. The number of ether oxygens (including phenoxy) is 1. The molecular weight excluding hydrogens is 453 g/mol. The molecule has 1 N–H and O–H groups in total. The van der Waals surface area contributed by atoms with Crippen LogP contribution in [0.5, 0.6) is 0 Å². The molecular formula is C20H14ClF3N4O4. The summed E-state index contributed by atoms with van der Waals surface area (Å²) in [6.45, 7) is -0.234. The molecule has 4 rings (SSSR count). The Balaban J connectivity index is 1.59. The van der Waals surface area contributed by atoms with Gasteiger partial charge in [0.25, 0.3) is 5.91 Å². The zero-order valence-corrected chi connectivity index (χ0v) is 17.1. The number of aryl methyl sites for hydroxylation is 1. The first-order chi connectivity index (χ1) is 15.1. The first-order valence-electron chi connectivity index (χ1n) is 9.16. The summed E-state index contributed by atoms with van der Waals surface area (Å²) in [6, 6.07) is 4.62. The number of hydrogen-bond acceptors (Lipinski definition) is 6. The minimum atomic E-state index is -4.66. The number of amides is 1. The van der Waals surface area contributed by atoms with Gasteiger partial charge in [-0.25, -0.2) is 14.3 Å². The molecule has 0 aliphatic carbocycles. The predicted octanol–water partition coefficient (Wildman–Crippen LogP) is 4.09. The van der Waals surface area contributed by atoms with E-state index in [0.717, 1.165) is 0 Å². The van der Waals surface area contributed by atoms with Gasteiger partial charge in [0.05, 0.1) is 17.8 Å². The molecule has 4 aromatic rings. The van der Waals surface area contributed by atoms with Crippen molar-refractivity contribution in [1.82, 2.24) is 19.9 Å². The van der Waals surface area contributed by atoms with Crippen LogP contribution in [-0.2, 0) is 11.3 Å². The van der Waals surface area contributed by atoms with E-state index < -0.39 is 24.7 Å². The quantitative estimate of drug-likeness (QED) is 0.445. The number of esters is 1. The number of rotatable bonds is 5. The summed E-state index contributed by atoms with van der Waals surface area (Å²) in [5.41, 5.74) is 0.911. The number of nitrogens with one attached hydrogen (secondary N) is 1. The number of hydrogen-bond donors (Lipinski definition) is 1. The van der Waals surface area contributed by atoms with E-state index in [1.165, 1.54) is 23.0 Å². The molecule has 32 heavy (non-hydrogen) atoms. The SMILES string of the molecule is Cc1cc(C(=O)OCC(F)(F)F)c2oc(CNC(=O)c3cnn4cccnc34)c(Cl)c2c1. The lowest BCUT2D eigenvalue weighted by molar-refractivity contribution is -0.161. The van der Waals surface area contributed by atoms with Crippen molar-refractivity contribution in [2.75, 3.05) is 6.61 Å². The molecule has 0 radical (unpaired) electrons. The topological polar surface area (TPSA) is 98.7 Å². The average molecular weight is 467 g/mol. The van der Waals surface area contributed by atoms with Gasteiger partial charge >= 0.3 is 12.1 Å². The number of alkyl halides is 3. The number of carbonyl (C=O) groups is 2. The molecule has 0 fully saturated rings. The lowest BCUT2D eigenvalue weighted by Crippen LogP contribution is -2.22. The van der Waals surface area contributed by atoms with Crippen molar-refractivity contribution in [3.8, 4) is 0 Å². The summed E-state index contributed by atoms with van der Waals surface area (Å²) in [5, 5.41) is 7.09. The molecule has 0 spiro atoms. The van der Waals surface area contributed by atoms with Gasteiger partial charge in [-0.3, -0.25) is 4.79 Å². The van der Waals surface area contributed by atoms with Gasteiger partial charge in [0, 0.05) is 17.8 Å². The van der Waals surface area contributed by atoms with Crippen molar-refractivity contribution in [2.45, 2.75) is 19.6 Å². The fraction of sp³-hybridized carbons (Fsp3) is 0.200. The predicted molar refractivity (Wildman–Crippen MR) is 106 cm³/mol. The lowest BCUT2D eigenvalue weighted by atomic mass is 10.1. The van der Waals surface area contributed by atoms with Gasteiger partial charge in [-0.2, -0.15) is 18.3 Å². The number of furan rings is 1. The van der Waals surface area contributed by atoms with Gasteiger partial charge < -0.3 is 14.5 Å². The minimum Gasteiger partial charge on any atom is -0.457 e. The molecule has 1 aromatic carbocycles. The highest BCUT2D eigenvalue weighted by atomic mass is 35.5. The van der Waals surface area contributed by atoms with Crippen LogP contribution in [0.2, 0.25) is 5.02 Å². The van der Waals surface area contributed by atoms with Crippen molar-refractivity contribution in [3.63, 3.8) is 0 Å².